The Morgan fingerprint density at radius 3 is 2.54 bits per heavy atom. The minimum atomic E-state index is -0.502. The topological polar surface area (TPSA) is 50.3 Å². The van der Waals surface area contributed by atoms with Crippen LogP contribution in [0.15, 0.2) is 30.3 Å². The fourth-order valence-corrected chi connectivity index (χ4v) is 4.69. The van der Waals surface area contributed by atoms with E-state index in [0.29, 0.717) is 29.4 Å². The molecular weight excluding hydrogens is 362 g/mol. The molecule has 0 radical (unpaired) electrons. The molecule has 1 aliphatic carbocycles. The Morgan fingerprint density at radius 2 is 1.82 bits per heavy atom. The zero-order valence-corrected chi connectivity index (χ0v) is 15.7. The number of anilines is 1. The molecule has 3 heterocycles. The molecule has 3 atom stereocenters. The lowest BCUT2D eigenvalue weighted by molar-refractivity contribution is 0.0540. The summed E-state index contributed by atoms with van der Waals surface area (Å²) < 4.78 is 32.7. The zero-order valence-electron chi connectivity index (χ0n) is 15.7. The minimum Gasteiger partial charge on any atom is -0.381 e. The minimum absolute atomic E-state index is 0.131. The van der Waals surface area contributed by atoms with Crippen molar-refractivity contribution in [3.05, 3.63) is 42.0 Å². The van der Waals surface area contributed by atoms with Gasteiger partial charge in [0.1, 0.15) is 17.5 Å². The summed E-state index contributed by atoms with van der Waals surface area (Å²) >= 11 is 0. The quantitative estimate of drug-likeness (QED) is 0.855. The van der Waals surface area contributed by atoms with Gasteiger partial charge in [0.15, 0.2) is 0 Å². The highest BCUT2D eigenvalue weighted by Gasteiger charge is 2.55. The summed E-state index contributed by atoms with van der Waals surface area (Å²) in [5, 5.41) is 11.7. The highest BCUT2D eigenvalue weighted by molar-refractivity contribution is 5.60. The maximum absolute atomic E-state index is 13.9. The first-order valence-electron chi connectivity index (χ1n) is 10.0. The summed E-state index contributed by atoms with van der Waals surface area (Å²) in [5.74, 6) is 1.81. The number of ether oxygens (including phenoxy) is 1. The van der Waals surface area contributed by atoms with Crippen LogP contribution in [-0.2, 0) is 4.74 Å². The molecule has 1 aromatic carbocycles. The number of nitrogens with one attached hydrogen (secondary N) is 1. The molecule has 0 amide bonds. The van der Waals surface area contributed by atoms with Gasteiger partial charge in [-0.15, -0.1) is 10.2 Å². The normalized spacial score (nSPS) is 27.6. The first-order valence-corrected chi connectivity index (χ1v) is 10.0. The Morgan fingerprint density at radius 1 is 1.04 bits per heavy atom. The molecule has 148 valence electrons. The predicted molar refractivity (Wildman–Crippen MR) is 102 cm³/mol. The first-order chi connectivity index (χ1) is 13.7. The number of hydrogen-bond acceptors (Lipinski definition) is 5. The van der Waals surface area contributed by atoms with E-state index in [1.165, 1.54) is 19.4 Å². The third kappa shape index (κ3) is 3.61. The van der Waals surface area contributed by atoms with Crippen molar-refractivity contribution in [2.75, 3.05) is 38.2 Å². The molecule has 2 aliphatic heterocycles. The van der Waals surface area contributed by atoms with Gasteiger partial charge < -0.3 is 15.0 Å². The lowest BCUT2D eigenvalue weighted by atomic mass is 10.00. The third-order valence-electron chi connectivity index (χ3n) is 6.31. The average molecular weight is 386 g/mol. The van der Waals surface area contributed by atoms with E-state index in [0.717, 1.165) is 50.4 Å². The fraction of sp³-hybridized carbons (Fsp3) is 0.524. The molecule has 1 aromatic heterocycles. The SMILES string of the molecule is Fc1ccc(F)c(-c2ccc(N[C@@H]3[C@@H]4CN(CC5CCOCC5)C[C@@H]43)nn2)c1. The van der Waals surface area contributed by atoms with Crippen LogP contribution in [0.25, 0.3) is 11.3 Å². The molecule has 0 spiro atoms. The Kier molecular flexibility index (Phi) is 4.72. The van der Waals surface area contributed by atoms with E-state index in [1.54, 1.807) is 12.1 Å². The van der Waals surface area contributed by atoms with Gasteiger partial charge in [-0.3, -0.25) is 0 Å². The van der Waals surface area contributed by atoms with E-state index < -0.39 is 11.6 Å². The van der Waals surface area contributed by atoms with E-state index >= 15 is 0 Å². The molecule has 5 nitrogen and oxygen atoms in total. The average Bonchev–Trinajstić information content (AvgIpc) is 3.15. The van der Waals surface area contributed by atoms with Crippen molar-refractivity contribution in [2.24, 2.45) is 17.8 Å². The molecule has 1 N–H and O–H groups in total. The summed E-state index contributed by atoms with van der Waals surface area (Å²) in [7, 11) is 0. The summed E-state index contributed by atoms with van der Waals surface area (Å²) in [5.41, 5.74) is 0.465. The Hall–Kier alpha value is -2.12. The molecule has 2 aromatic rings. The molecule has 0 unspecified atom stereocenters. The predicted octanol–water partition coefficient (Wildman–Crippen LogP) is 3.19. The van der Waals surface area contributed by atoms with Crippen molar-refractivity contribution in [3.8, 4) is 11.3 Å². The van der Waals surface area contributed by atoms with Crippen LogP contribution in [0, 0.1) is 29.4 Å². The second-order valence-corrected chi connectivity index (χ2v) is 8.20. The van der Waals surface area contributed by atoms with Gasteiger partial charge in [0.05, 0.1) is 5.69 Å². The molecule has 3 aliphatic rings. The van der Waals surface area contributed by atoms with Gasteiger partial charge in [-0.1, -0.05) is 0 Å². The second-order valence-electron chi connectivity index (χ2n) is 8.20. The summed E-state index contributed by atoms with van der Waals surface area (Å²) in [6.45, 7) is 5.28. The lowest BCUT2D eigenvalue weighted by Crippen LogP contribution is -2.34. The molecule has 5 rings (SSSR count). The van der Waals surface area contributed by atoms with Gasteiger partial charge in [0.25, 0.3) is 0 Å². The highest BCUT2D eigenvalue weighted by atomic mass is 19.1. The molecule has 28 heavy (non-hydrogen) atoms. The van der Waals surface area contributed by atoms with Crippen molar-refractivity contribution >= 4 is 5.82 Å². The Labute approximate surface area is 163 Å². The van der Waals surface area contributed by atoms with Crippen LogP contribution in [0.3, 0.4) is 0 Å². The highest BCUT2D eigenvalue weighted by Crippen LogP contribution is 2.47. The zero-order chi connectivity index (χ0) is 19.1. The van der Waals surface area contributed by atoms with Crippen molar-refractivity contribution < 1.29 is 13.5 Å². The van der Waals surface area contributed by atoms with Crippen LogP contribution in [0.2, 0.25) is 0 Å². The Balaban J connectivity index is 1.15. The number of likely N-dealkylation sites (tertiary alicyclic amines) is 1. The van der Waals surface area contributed by atoms with Crippen LogP contribution >= 0.6 is 0 Å². The standard InChI is InChI=1S/C21H24F2N4O/c22-14-1-2-18(23)15(9-14)19-3-4-20(26-25-19)24-21-16-11-27(12-17(16)21)10-13-5-7-28-8-6-13/h1-4,9,13,16-17,21H,5-8,10-12H2,(H,24,26)/t16-,17+,21-. The number of benzene rings is 1. The third-order valence-corrected chi connectivity index (χ3v) is 6.31. The van der Waals surface area contributed by atoms with E-state index in [-0.39, 0.29) is 5.56 Å². The van der Waals surface area contributed by atoms with Crippen LogP contribution in [0.4, 0.5) is 14.6 Å². The van der Waals surface area contributed by atoms with E-state index in [1.807, 2.05) is 0 Å². The van der Waals surface area contributed by atoms with E-state index in [4.69, 9.17) is 4.74 Å². The molecule has 0 bridgehead atoms. The molecule has 3 fully saturated rings. The number of fused-ring (bicyclic) bond motifs is 1. The van der Waals surface area contributed by atoms with Gasteiger partial charge in [-0.05, 0) is 60.9 Å². The molecule has 7 heteroatoms. The maximum atomic E-state index is 13.9. The largest absolute Gasteiger partial charge is 0.381 e. The summed E-state index contributed by atoms with van der Waals surface area (Å²) in [6, 6.07) is 7.26. The number of aromatic nitrogens is 2. The van der Waals surface area contributed by atoms with E-state index in [9.17, 15) is 8.78 Å². The van der Waals surface area contributed by atoms with Crippen LogP contribution in [0.1, 0.15) is 12.8 Å². The van der Waals surface area contributed by atoms with Crippen molar-refractivity contribution in [2.45, 2.75) is 18.9 Å². The number of halogens is 2. The second kappa shape index (κ2) is 7.37. The maximum Gasteiger partial charge on any atom is 0.148 e. The first kappa shape index (κ1) is 17.9. The van der Waals surface area contributed by atoms with Gasteiger partial charge in [-0.2, -0.15) is 0 Å². The molecular formula is C21H24F2N4O. The van der Waals surface area contributed by atoms with Gasteiger partial charge >= 0.3 is 0 Å². The summed E-state index contributed by atoms with van der Waals surface area (Å²) in [4.78, 5) is 2.59. The molecule has 1 saturated carbocycles. The Bertz CT molecular complexity index is 829. The van der Waals surface area contributed by atoms with Gasteiger partial charge in [0.2, 0.25) is 0 Å². The number of piperidine rings is 1. The summed E-state index contributed by atoms with van der Waals surface area (Å²) in [6.07, 6.45) is 2.36. The van der Waals surface area contributed by atoms with Gasteiger partial charge in [0, 0.05) is 44.5 Å². The van der Waals surface area contributed by atoms with Crippen LogP contribution in [-0.4, -0.2) is 54.0 Å². The van der Waals surface area contributed by atoms with Gasteiger partial charge in [-0.25, -0.2) is 8.78 Å². The number of hydrogen-bond donors (Lipinski definition) is 1. The van der Waals surface area contributed by atoms with Crippen molar-refractivity contribution in [1.82, 2.24) is 15.1 Å². The monoisotopic (exact) mass is 386 g/mol. The molecule has 2 saturated heterocycles. The smallest absolute Gasteiger partial charge is 0.148 e. The van der Waals surface area contributed by atoms with Crippen LogP contribution < -0.4 is 5.32 Å². The fourth-order valence-electron chi connectivity index (χ4n) is 4.69. The van der Waals surface area contributed by atoms with Crippen LogP contribution in [0.5, 0.6) is 0 Å². The van der Waals surface area contributed by atoms with Crippen molar-refractivity contribution in [3.63, 3.8) is 0 Å². The van der Waals surface area contributed by atoms with E-state index in [2.05, 4.69) is 20.4 Å². The lowest BCUT2D eigenvalue weighted by Gasteiger charge is -2.28. The number of rotatable bonds is 5. The van der Waals surface area contributed by atoms with Crippen molar-refractivity contribution in [1.29, 1.82) is 0 Å². The number of nitrogens with zero attached hydrogens (tertiary/aromatic N) is 3.